The Hall–Kier alpha value is -0.550. The van der Waals surface area contributed by atoms with E-state index in [4.69, 9.17) is 0 Å². The predicted molar refractivity (Wildman–Crippen MR) is 83.8 cm³/mol. The van der Waals surface area contributed by atoms with E-state index in [0.717, 1.165) is 24.4 Å². The number of carbonyl (C=O) groups excluding carboxylic acids is 1. The van der Waals surface area contributed by atoms with E-state index in [1.54, 1.807) is 11.8 Å². The molecule has 4 nitrogen and oxygen atoms in total. The van der Waals surface area contributed by atoms with Crippen LogP contribution in [0, 0.1) is 11.8 Å². The van der Waals surface area contributed by atoms with E-state index >= 15 is 0 Å². The molecule has 1 fully saturated rings. The highest BCUT2D eigenvalue weighted by Gasteiger charge is 2.44. The number of hydrogen-bond acceptors (Lipinski definition) is 4. The second kappa shape index (κ2) is 6.06. The molecule has 1 aliphatic carbocycles. The molecular formula is C15H26N2O2S. The first-order valence-electron chi connectivity index (χ1n) is 7.59. The van der Waals surface area contributed by atoms with Gasteiger partial charge >= 0.3 is 0 Å². The molecule has 4 atom stereocenters. The van der Waals surface area contributed by atoms with Gasteiger partial charge in [-0.1, -0.05) is 32.0 Å². The van der Waals surface area contributed by atoms with Gasteiger partial charge in [-0.2, -0.15) is 4.99 Å². The van der Waals surface area contributed by atoms with Crippen LogP contribution >= 0.6 is 11.8 Å². The third-order valence-corrected chi connectivity index (χ3v) is 6.12. The van der Waals surface area contributed by atoms with E-state index in [1.165, 1.54) is 6.42 Å². The zero-order valence-electron chi connectivity index (χ0n) is 12.8. The maximum atomic E-state index is 12.1. The number of carbonyl (C=O) groups is 1. The SMILES string of the molecule is CC(C)[C@]1(C)SC(N[C@H]2CCC[C@@H]2C[C@@H](C)O)=NC1=O. The van der Waals surface area contributed by atoms with Crippen LogP contribution in [0.15, 0.2) is 4.99 Å². The number of thioether (sulfide) groups is 1. The molecule has 5 heteroatoms. The van der Waals surface area contributed by atoms with Gasteiger partial charge in [0.15, 0.2) is 5.17 Å². The van der Waals surface area contributed by atoms with Crippen LogP contribution in [0.1, 0.15) is 53.4 Å². The fraction of sp³-hybridized carbons (Fsp3) is 0.867. The molecule has 0 aromatic heterocycles. The van der Waals surface area contributed by atoms with Gasteiger partial charge in [-0.05, 0) is 44.9 Å². The van der Waals surface area contributed by atoms with Crippen LogP contribution in [0.5, 0.6) is 0 Å². The molecule has 2 aliphatic rings. The molecule has 1 saturated carbocycles. The fourth-order valence-corrected chi connectivity index (χ4v) is 4.11. The number of aliphatic hydroxyl groups is 1. The Balaban J connectivity index is 1.98. The molecule has 0 unspecified atom stereocenters. The Morgan fingerprint density at radius 1 is 1.45 bits per heavy atom. The summed E-state index contributed by atoms with van der Waals surface area (Å²) in [6.45, 7) is 7.95. The summed E-state index contributed by atoms with van der Waals surface area (Å²) in [6.07, 6.45) is 4.00. The lowest BCUT2D eigenvalue weighted by Crippen LogP contribution is -2.38. The summed E-state index contributed by atoms with van der Waals surface area (Å²) in [7, 11) is 0. The molecule has 114 valence electrons. The van der Waals surface area contributed by atoms with E-state index in [2.05, 4.69) is 24.2 Å². The zero-order chi connectivity index (χ0) is 14.9. The van der Waals surface area contributed by atoms with Gasteiger partial charge in [0.25, 0.3) is 5.91 Å². The molecule has 0 radical (unpaired) electrons. The summed E-state index contributed by atoms with van der Waals surface area (Å²) in [5.41, 5.74) is 0. The van der Waals surface area contributed by atoms with Gasteiger partial charge in [0, 0.05) is 6.04 Å². The molecule has 0 saturated heterocycles. The maximum absolute atomic E-state index is 12.1. The second-order valence-corrected chi connectivity index (χ2v) is 8.05. The van der Waals surface area contributed by atoms with Crippen LogP contribution in [0.3, 0.4) is 0 Å². The first-order chi connectivity index (χ1) is 9.33. The van der Waals surface area contributed by atoms with Crippen molar-refractivity contribution in [3.05, 3.63) is 0 Å². The van der Waals surface area contributed by atoms with Crippen molar-refractivity contribution in [3.8, 4) is 0 Å². The minimum atomic E-state index is -0.430. The largest absolute Gasteiger partial charge is 0.393 e. The third-order valence-electron chi connectivity index (χ3n) is 4.65. The molecule has 0 bridgehead atoms. The Morgan fingerprint density at radius 3 is 2.70 bits per heavy atom. The van der Waals surface area contributed by atoms with Crippen molar-refractivity contribution in [2.45, 2.75) is 70.3 Å². The van der Waals surface area contributed by atoms with Gasteiger partial charge in [-0.25, -0.2) is 0 Å². The zero-order valence-corrected chi connectivity index (χ0v) is 13.7. The summed E-state index contributed by atoms with van der Waals surface area (Å²) in [6, 6.07) is 0.346. The highest BCUT2D eigenvalue weighted by Crippen LogP contribution is 2.40. The summed E-state index contributed by atoms with van der Waals surface area (Å²) in [4.78, 5) is 16.3. The second-order valence-electron chi connectivity index (χ2n) is 6.61. The standard InChI is InChI=1S/C15H26N2O2S/c1-9(2)15(4)13(19)17-14(20-15)16-12-7-5-6-11(12)8-10(3)18/h9-12,18H,5-8H2,1-4H3,(H,16,17,19)/t10-,11-,12+,15+/m1/s1. The molecule has 0 spiro atoms. The molecule has 2 N–H and O–H groups in total. The Labute approximate surface area is 125 Å². The van der Waals surface area contributed by atoms with E-state index in [-0.39, 0.29) is 17.9 Å². The van der Waals surface area contributed by atoms with Crippen LogP contribution < -0.4 is 5.32 Å². The van der Waals surface area contributed by atoms with Crippen molar-refractivity contribution in [2.24, 2.45) is 16.8 Å². The van der Waals surface area contributed by atoms with Crippen LogP contribution in [-0.2, 0) is 4.79 Å². The minimum Gasteiger partial charge on any atom is -0.393 e. The van der Waals surface area contributed by atoms with Crippen LogP contribution in [-0.4, -0.2) is 33.1 Å². The van der Waals surface area contributed by atoms with Crippen LogP contribution in [0.2, 0.25) is 0 Å². The van der Waals surface area contributed by atoms with Crippen molar-refractivity contribution < 1.29 is 9.90 Å². The van der Waals surface area contributed by atoms with Crippen molar-refractivity contribution in [1.29, 1.82) is 0 Å². The lowest BCUT2D eigenvalue weighted by atomic mass is 9.96. The maximum Gasteiger partial charge on any atom is 0.264 e. The first kappa shape index (κ1) is 15.8. The number of aliphatic hydroxyl groups excluding tert-OH is 1. The first-order valence-corrected chi connectivity index (χ1v) is 8.41. The van der Waals surface area contributed by atoms with E-state index < -0.39 is 4.75 Å². The van der Waals surface area contributed by atoms with Gasteiger partial charge in [-0.15, -0.1) is 0 Å². The van der Waals surface area contributed by atoms with Gasteiger partial charge in [0.2, 0.25) is 0 Å². The number of amides is 1. The highest BCUT2D eigenvalue weighted by molar-refractivity contribution is 8.16. The number of aliphatic imine (C=N–C) groups is 1. The smallest absolute Gasteiger partial charge is 0.264 e. The quantitative estimate of drug-likeness (QED) is 0.837. The summed E-state index contributed by atoms with van der Waals surface area (Å²) in [5.74, 6) is 0.726. The van der Waals surface area contributed by atoms with E-state index in [1.807, 2.05) is 13.8 Å². The number of rotatable bonds is 4. The normalized spacial score (nSPS) is 35.5. The topological polar surface area (TPSA) is 61.7 Å². The number of nitrogens with one attached hydrogen (secondary N) is 1. The average Bonchev–Trinajstić information content (AvgIpc) is 2.86. The lowest BCUT2D eigenvalue weighted by Gasteiger charge is -2.26. The van der Waals surface area contributed by atoms with Gasteiger partial charge in [0.05, 0.1) is 6.10 Å². The van der Waals surface area contributed by atoms with Crippen molar-refractivity contribution >= 4 is 22.8 Å². The number of hydrogen-bond donors (Lipinski definition) is 2. The van der Waals surface area contributed by atoms with Crippen LogP contribution in [0.4, 0.5) is 0 Å². The fourth-order valence-electron chi connectivity index (χ4n) is 3.00. The molecule has 20 heavy (non-hydrogen) atoms. The monoisotopic (exact) mass is 298 g/mol. The minimum absolute atomic E-state index is 0.0231. The van der Waals surface area contributed by atoms with Crippen molar-refractivity contribution in [2.75, 3.05) is 0 Å². The highest BCUT2D eigenvalue weighted by atomic mass is 32.2. The van der Waals surface area contributed by atoms with E-state index in [9.17, 15) is 9.90 Å². The Morgan fingerprint density at radius 2 is 2.15 bits per heavy atom. The average molecular weight is 298 g/mol. The van der Waals surface area contributed by atoms with Gasteiger partial charge < -0.3 is 10.4 Å². The van der Waals surface area contributed by atoms with Crippen LogP contribution in [0.25, 0.3) is 0 Å². The molecule has 0 aromatic carbocycles. The molecule has 1 aliphatic heterocycles. The summed E-state index contributed by atoms with van der Waals surface area (Å²) >= 11 is 1.56. The lowest BCUT2D eigenvalue weighted by molar-refractivity contribution is -0.120. The van der Waals surface area contributed by atoms with Crippen molar-refractivity contribution in [1.82, 2.24) is 5.32 Å². The summed E-state index contributed by atoms with van der Waals surface area (Å²) in [5, 5.41) is 13.8. The van der Waals surface area contributed by atoms with E-state index in [0.29, 0.717) is 12.0 Å². The molecule has 1 amide bonds. The van der Waals surface area contributed by atoms with Gasteiger partial charge in [0.1, 0.15) is 4.75 Å². The molecule has 0 aromatic rings. The summed E-state index contributed by atoms with van der Waals surface area (Å²) < 4.78 is -0.430. The predicted octanol–water partition coefficient (Wildman–Crippen LogP) is 2.56. The Kier molecular flexibility index (Phi) is 4.80. The molecule has 1 heterocycles. The number of amidine groups is 1. The van der Waals surface area contributed by atoms with Gasteiger partial charge in [-0.3, -0.25) is 4.79 Å². The third kappa shape index (κ3) is 3.19. The molecule has 2 rings (SSSR count). The number of nitrogens with zero attached hydrogens (tertiary/aromatic N) is 1. The van der Waals surface area contributed by atoms with Crippen molar-refractivity contribution in [3.63, 3.8) is 0 Å². The molecular weight excluding hydrogens is 272 g/mol. The Bertz CT molecular complexity index is 409.